The number of fused-ring (bicyclic) bond motifs is 2. The van der Waals surface area contributed by atoms with E-state index >= 15 is 0 Å². The van der Waals surface area contributed by atoms with Crippen molar-refractivity contribution in [3.8, 4) is 0 Å². The lowest BCUT2D eigenvalue weighted by Crippen LogP contribution is -2.34. The zero-order chi connectivity index (χ0) is 27.7. The van der Waals surface area contributed by atoms with Crippen molar-refractivity contribution in [3.63, 3.8) is 0 Å². The molecule has 4 rings (SSSR count). The molecule has 0 fully saturated rings. The summed E-state index contributed by atoms with van der Waals surface area (Å²) in [4.78, 5) is 0.919. The van der Waals surface area contributed by atoms with Crippen molar-refractivity contribution in [2.75, 3.05) is 0 Å². The van der Waals surface area contributed by atoms with Gasteiger partial charge in [-0.15, -0.1) is 0 Å². The Hall–Kier alpha value is -2.40. The van der Waals surface area contributed by atoms with Gasteiger partial charge in [0.2, 0.25) is 9.84 Å². The second kappa shape index (κ2) is 14.3. The quantitative estimate of drug-likeness (QED) is 0.168. The Kier molecular flexibility index (Phi) is 10.8. The third kappa shape index (κ3) is 7.22. The zero-order valence-electron chi connectivity index (χ0n) is 24.5. The maximum absolute atomic E-state index is 13.6. The number of rotatable bonds is 16. The number of dihydropyridines is 1. The lowest BCUT2D eigenvalue weighted by molar-refractivity contribution is -0.697. The third-order valence-corrected chi connectivity index (χ3v) is 10.5. The predicted molar refractivity (Wildman–Crippen MR) is 162 cm³/mol. The van der Waals surface area contributed by atoms with Crippen molar-refractivity contribution in [3.05, 3.63) is 76.1 Å². The van der Waals surface area contributed by atoms with Crippen molar-refractivity contribution in [1.82, 2.24) is 5.32 Å². The van der Waals surface area contributed by atoms with Gasteiger partial charge in [0.1, 0.15) is 6.54 Å². The number of sulfone groups is 1. The molecule has 1 unspecified atom stereocenters. The van der Waals surface area contributed by atoms with E-state index in [2.05, 4.69) is 48.3 Å². The van der Waals surface area contributed by atoms with Gasteiger partial charge in [0.15, 0.2) is 12.4 Å². The van der Waals surface area contributed by atoms with Gasteiger partial charge in [0.05, 0.1) is 21.4 Å². The average molecular weight is 550 g/mol. The second-order valence-corrected chi connectivity index (χ2v) is 13.5. The largest absolute Gasteiger partial charge is 0.358 e. The van der Waals surface area contributed by atoms with E-state index in [4.69, 9.17) is 0 Å². The van der Waals surface area contributed by atoms with E-state index in [0.717, 1.165) is 41.1 Å². The van der Waals surface area contributed by atoms with Gasteiger partial charge in [0, 0.05) is 29.3 Å². The van der Waals surface area contributed by atoms with Gasteiger partial charge >= 0.3 is 0 Å². The summed E-state index contributed by atoms with van der Waals surface area (Å²) in [6.45, 7) is 7.35. The molecule has 39 heavy (non-hydrogen) atoms. The Labute approximate surface area is 237 Å². The number of aryl methyl sites for hydroxylation is 1. The van der Waals surface area contributed by atoms with E-state index in [-0.39, 0.29) is 5.92 Å². The minimum Gasteiger partial charge on any atom is -0.358 e. The predicted octanol–water partition coefficient (Wildman–Crippen LogP) is 8.59. The third-order valence-electron chi connectivity index (χ3n) is 8.57. The summed E-state index contributed by atoms with van der Waals surface area (Å²) in [5.74, 6) is -0.262. The van der Waals surface area contributed by atoms with Crippen LogP contribution in [0.1, 0.15) is 128 Å². The van der Waals surface area contributed by atoms with Gasteiger partial charge in [-0.05, 0) is 38.0 Å². The van der Waals surface area contributed by atoms with Crippen molar-refractivity contribution in [2.24, 2.45) is 0 Å². The first-order valence-electron chi connectivity index (χ1n) is 15.5. The average Bonchev–Trinajstić information content (AvgIpc) is 3.16. The molecule has 2 aliphatic heterocycles. The molecule has 3 heterocycles. The first kappa shape index (κ1) is 29.6. The molecule has 2 aliphatic rings. The molecule has 0 bridgehead atoms. The lowest BCUT2D eigenvalue weighted by atomic mass is 9.87. The highest BCUT2D eigenvalue weighted by Crippen LogP contribution is 2.49. The van der Waals surface area contributed by atoms with E-state index in [0.29, 0.717) is 9.80 Å². The Bertz CT molecular complexity index is 1280. The van der Waals surface area contributed by atoms with Gasteiger partial charge in [-0.25, -0.2) is 13.0 Å². The second-order valence-electron chi connectivity index (χ2n) is 11.6. The highest BCUT2D eigenvalue weighted by atomic mass is 32.2. The fourth-order valence-electron chi connectivity index (χ4n) is 6.16. The summed E-state index contributed by atoms with van der Waals surface area (Å²) >= 11 is 0. The topological polar surface area (TPSA) is 50.1 Å². The van der Waals surface area contributed by atoms with Crippen LogP contribution >= 0.6 is 0 Å². The van der Waals surface area contributed by atoms with Crippen LogP contribution < -0.4 is 9.88 Å². The Morgan fingerprint density at radius 3 is 2.00 bits per heavy atom. The molecule has 2 aromatic rings. The van der Waals surface area contributed by atoms with Gasteiger partial charge in [-0.2, -0.15) is 0 Å². The molecule has 1 aromatic carbocycles. The normalized spacial score (nSPS) is 17.8. The van der Waals surface area contributed by atoms with Crippen LogP contribution in [0.15, 0.2) is 69.9 Å². The molecular formula is C34H49N2O2S+. The number of pyridine rings is 1. The molecule has 1 N–H and O–H groups in total. The lowest BCUT2D eigenvalue weighted by Gasteiger charge is -2.27. The highest BCUT2D eigenvalue weighted by molar-refractivity contribution is 7.96. The standard InChI is InChI=1S/C34H49N2O2S/c1-4-5-6-7-8-9-10-11-12-13-14-15-16-19-24-36-25-20-21-29(26-36)32-27(2)28(3)35-33-30-22-17-18-23-31(30)39(37,38)34(32)33/h17-18,20-23,25-26,32,35H,4-16,19,24H2,1-3H3/q+1. The molecule has 0 saturated heterocycles. The monoisotopic (exact) mass is 549 g/mol. The fraction of sp³-hybridized carbons (Fsp3) is 0.559. The maximum Gasteiger partial charge on any atom is 0.206 e. The number of aromatic nitrogens is 1. The number of nitrogens with one attached hydrogen (secondary N) is 1. The van der Waals surface area contributed by atoms with E-state index in [9.17, 15) is 8.42 Å². The molecule has 212 valence electrons. The van der Waals surface area contributed by atoms with Crippen LogP contribution in [0, 0.1) is 0 Å². The number of hydrogen-bond donors (Lipinski definition) is 1. The van der Waals surface area contributed by atoms with Crippen LogP contribution in [-0.2, 0) is 16.4 Å². The summed E-state index contributed by atoms with van der Waals surface area (Å²) in [5.41, 5.74) is 4.69. The van der Waals surface area contributed by atoms with Gasteiger partial charge in [0.25, 0.3) is 0 Å². The number of allylic oxidation sites excluding steroid dienone is 3. The van der Waals surface area contributed by atoms with E-state index < -0.39 is 9.84 Å². The van der Waals surface area contributed by atoms with Crippen molar-refractivity contribution in [2.45, 2.75) is 128 Å². The van der Waals surface area contributed by atoms with E-state index in [1.54, 1.807) is 6.07 Å². The molecule has 1 aromatic heterocycles. The zero-order valence-corrected chi connectivity index (χ0v) is 25.3. The van der Waals surface area contributed by atoms with Crippen LogP contribution in [0.2, 0.25) is 0 Å². The smallest absolute Gasteiger partial charge is 0.206 e. The Balaban J connectivity index is 1.25. The van der Waals surface area contributed by atoms with Crippen LogP contribution in [0.4, 0.5) is 0 Å². The number of nitrogens with zero attached hydrogens (tertiary/aromatic N) is 1. The SMILES string of the molecule is CCCCCCCCCCCCCCCC[n+]1cccc(C2C(C)=C(C)NC3=C2S(=O)(=O)c2ccccc23)c1. The molecule has 0 radical (unpaired) electrons. The van der Waals surface area contributed by atoms with Crippen LogP contribution in [0.25, 0.3) is 5.70 Å². The van der Waals surface area contributed by atoms with Crippen LogP contribution in [0.3, 0.4) is 0 Å². The summed E-state index contributed by atoms with van der Waals surface area (Å²) in [7, 11) is -3.54. The van der Waals surface area contributed by atoms with E-state index in [1.807, 2.05) is 25.1 Å². The number of hydrogen-bond acceptors (Lipinski definition) is 3. The van der Waals surface area contributed by atoms with Crippen LogP contribution in [-0.4, -0.2) is 8.42 Å². The van der Waals surface area contributed by atoms with Gasteiger partial charge in [-0.3, -0.25) is 0 Å². The molecule has 0 saturated carbocycles. The minimum absolute atomic E-state index is 0.262. The number of benzene rings is 1. The minimum atomic E-state index is -3.54. The Morgan fingerprint density at radius 2 is 1.36 bits per heavy atom. The van der Waals surface area contributed by atoms with Crippen LogP contribution in [0.5, 0.6) is 0 Å². The van der Waals surface area contributed by atoms with Crippen molar-refractivity contribution < 1.29 is 13.0 Å². The number of unbranched alkanes of at least 4 members (excludes halogenated alkanes) is 13. The summed E-state index contributed by atoms with van der Waals surface area (Å²) < 4.78 is 29.5. The molecule has 1 atom stereocenters. The summed E-state index contributed by atoms with van der Waals surface area (Å²) in [6.07, 6.45) is 23.3. The van der Waals surface area contributed by atoms with Gasteiger partial charge < -0.3 is 5.32 Å². The summed E-state index contributed by atoms with van der Waals surface area (Å²) in [6, 6.07) is 11.5. The maximum atomic E-state index is 13.6. The molecule has 0 amide bonds. The molecular weight excluding hydrogens is 500 g/mol. The van der Waals surface area contributed by atoms with E-state index in [1.165, 1.54) is 83.5 Å². The molecule has 0 aliphatic carbocycles. The molecule has 0 spiro atoms. The van der Waals surface area contributed by atoms with Crippen molar-refractivity contribution >= 4 is 15.5 Å². The summed E-state index contributed by atoms with van der Waals surface area (Å²) in [5, 5.41) is 3.41. The Morgan fingerprint density at radius 1 is 0.769 bits per heavy atom. The van der Waals surface area contributed by atoms with Gasteiger partial charge in [-0.1, -0.05) is 102 Å². The van der Waals surface area contributed by atoms with Crippen molar-refractivity contribution in [1.29, 1.82) is 0 Å². The molecule has 5 heteroatoms. The first-order valence-corrected chi connectivity index (χ1v) is 17.0. The fourth-order valence-corrected chi connectivity index (χ4v) is 8.17. The highest BCUT2D eigenvalue weighted by Gasteiger charge is 2.44. The first-order chi connectivity index (χ1) is 18.9. The molecule has 4 nitrogen and oxygen atoms in total.